The van der Waals surface area contributed by atoms with E-state index in [1.54, 1.807) is 38.4 Å². The van der Waals surface area contributed by atoms with Crippen molar-refractivity contribution < 1.29 is 14.7 Å². The van der Waals surface area contributed by atoms with Crippen LogP contribution in [-0.2, 0) is 11.2 Å². The number of carbonyl (C=O) groups excluding carboxylic acids is 1. The first kappa shape index (κ1) is 20.1. The number of hydrogen-bond donors (Lipinski definition) is 1. The Bertz CT molecular complexity index is 794. The lowest BCUT2D eigenvalue weighted by atomic mass is 9.89. The van der Waals surface area contributed by atoms with E-state index in [0.29, 0.717) is 11.5 Å². The minimum atomic E-state index is -0.840. The van der Waals surface area contributed by atoms with Gasteiger partial charge >= 0.3 is 5.97 Å². The zero-order chi connectivity index (χ0) is 20.1. The van der Waals surface area contributed by atoms with E-state index in [-0.39, 0.29) is 5.91 Å². The molecule has 5 nitrogen and oxygen atoms in total. The number of benzene rings is 2. The first-order valence-corrected chi connectivity index (χ1v) is 9.78. The molecule has 1 heterocycles. The van der Waals surface area contributed by atoms with Gasteiger partial charge in [-0.05, 0) is 61.5 Å². The predicted octanol–water partition coefficient (Wildman–Crippen LogP) is 3.47. The molecule has 0 saturated carbocycles. The maximum atomic E-state index is 12.0. The maximum Gasteiger partial charge on any atom is 0.325 e. The number of carboxylic acid groups (broad SMARTS) is 1. The van der Waals surface area contributed by atoms with Crippen LogP contribution in [0.15, 0.2) is 54.6 Å². The molecule has 0 aromatic heterocycles. The van der Waals surface area contributed by atoms with E-state index in [1.807, 2.05) is 11.0 Å². The molecule has 0 radical (unpaired) electrons. The van der Waals surface area contributed by atoms with E-state index < -0.39 is 12.0 Å². The highest BCUT2D eigenvalue weighted by Crippen LogP contribution is 2.29. The summed E-state index contributed by atoms with van der Waals surface area (Å²) in [6.07, 6.45) is 3.04. The lowest BCUT2D eigenvalue weighted by molar-refractivity contribution is -0.144. The maximum absolute atomic E-state index is 12.0. The number of hydrogen-bond acceptors (Lipinski definition) is 3. The van der Waals surface area contributed by atoms with Crippen molar-refractivity contribution in [2.45, 2.75) is 25.3 Å². The fourth-order valence-corrected chi connectivity index (χ4v) is 3.94. The summed E-state index contributed by atoms with van der Waals surface area (Å²) in [7, 11) is 3.41. The molecule has 1 unspecified atom stereocenters. The van der Waals surface area contributed by atoms with Gasteiger partial charge in [-0.2, -0.15) is 0 Å². The standard InChI is InChI=1S/C23H28N2O3/c1-24(2)22(26)20-10-8-19(9-11-20)21(23(27)28)25-14-12-18(13-15-25)16-17-6-4-3-5-7-17/h3-11,18,21H,12-16H2,1-2H3,(H,27,28). The van der Waals surface area contributed by atoms with Crippen molar-refractivity contribution >= 4 is 11.9 Å². The Hall–Kier alpha value is -2.66. The Morgan fingerprint density at radius 2 is 1.64 bits per heavy atom. The smallest absolute Gasteiger partial charge is 0.325 e. The molecular formula is C23H28N2O3. The van der Waals surface area contributed by atoms with Crippen LogP contribution >= 0.6 is 0 Å². The van der Waals surface area contributed by atoms with Gasteiger partial charge in [-0.15, -0.1) is 0 Å². The second-order valence-corrected chi connectivity index (χ2v) is 7.73. The van der Waals surface area contributed by atoms with E-state index in [4.69, 9.17) is 0 Å². The third-order valence-corrected chi connectivity index (χ3v) is 5.49. The molecule has 0 spiro atoms. The molecule has 1 aliphatic rings. The number of aliphatic carboxylic acids is 1. The highest BCUT2D eigenvalue weighted by atomic mass is 16.4. The highest BCUT2D eigenvalue weighted by molar-refractivity contribution is 5.94. The fourth-order valence-electron chi connectivity index (χ4n) is 3.94. The number of carboxylic acids is 1. The molecule has 1 aliphatic heterocycles. The van der Waals surface area contributed by atoms with Crippen LogP contribution in [0, 0.1) is 5.92 Å². The molecule has 5 heteroatoms. The van der Waals surface area contributed by atoms with Crippen LogP contribution < -0.4 is 0 Å². The van der Waals surface area contributed by atoms with Crippen LogP contribution in [0.4, 0.5) is 0 Å². The summed E-state index contributed by atoms with van der Waals surface area (Å²) in [5.41, 5.74) is 2.64. The first-order valence-electron chi connectivity index (χ1n) is 9.78. The van der Waals surface area contributed by atoms with Gasteiger partial charge in [-0.1, -0.05) is 42.5 Å². The monoisotopic (exact) mass is 380 g/mol. The molecule has 1 saturated heterocycles. The summed E-state index contributed by atoms with van der Waals surface area (Å²) in [5, 5.41) is 9.83. The summed E-state index contributed by atoms with van der Waals surface area (Å²) >= 11 is 0. The van der Waals surface area contributed by atoms with Gasteiger partial charge in [0.15, 0.2) is 0 Å². The minimum Gasteiger partial charge on any atom is -0.480 e. The van der Waals surface area contributed by atoms with E-state index in [0.717, 1.165) is 37.9 Å². The number of nitrogens with zero attached hydrogens (tertiary/aromatic N) is 2. The van der Waals surface area contributed by atoms with E-state index in [9.17, 15) is 14.7 Å². The molecule has 2 aromatic carbocycles. The topological polar surface area (TPSA) is 60.9 Å². The van der Waals surface area contributed by atoms with Crippen molar-refractivity contribution in [2.75, 3.05) is 27.2 Å². The van der Waals surface area contributed by atoms with Crippen LogP contribution in [0.5, 0.6) is 0 Å². The molecule has 1 N–H and O–H groups in total. The van der Waals surface area contributed by atoms with Crippen LogP contribution in [-0.4, -0.2) is 54.0 Å². The molecule has 3 rings (SSSR count). The fraction of sp³-hybridized carbons (Fsp3) is 0.391. The average molecular weight is 380 g/mol. The quantitative estimate of drug-likeness (QED) is 0.834. The van der Waals surface area contributed by atoms with Gasteiger partial charge in [-0.25, -0.2) is 0 Å². The number of amides is 1. The van der Waals surface area contributed by atoms with Gasteiger partial charge < -0.3 is 10.0 Å². The van der Waals surface area contributed by atoms with E-state index >= 15 is 0 Å². The Morgan fingerprint density at radius 1 is 1.04 bits per heavy atom. The second-order valence-electron chi connectivity index (χ2n) is 7.73. The van der Waals surface area contributed by atoms with Gasteiger partial charge in [-0.3, -0.25) is 14.5 Å². The van der Waals surface area contributed by atoms with Crippen molar-refractivity contribution in [3.8, 4) is 0 Å². The number of piperidine rings is 1. The van der Waals surface area contributed by atoms with Gasteiger partial charge in [0.1, 0.15) is 6.04 Å². The highest BCUT2D eigenvalue weighted by Gasteiger charge is 2.31. The molecular weight excluding hydrogens is 352 g/mol. The normalized spacial score (nSPS) is 16.5. The van der Waals surface area contributed by atoms with Gasteiger partial charge in [0.05, 0.1) is 0 Å². The third-order valence-electron chi connectivity index (χ3n) is 5.49. The van der Waals surface area contributed by atoms with E-state index in [1.165, 1.54) is 10.5 Å². The Labute approximate surface area is 166 Å². The molecule has 1 fully saturated rings. The van der Waals surface area contributed by atoms with Crippen molar-refractivity contribution in [1.29, 1.82) is 0 Å². The van der Waals surface area contributed by atoms with Crippen LogP contribution in [0.25, 0.3) is 0 Å². The number of carbonyl (C=O) groups is 2. The zero-order valence-corrected chi connectivity index (χ0v) is 16.5. The molecule has 1 atom stereocenters. The first-order chi connectivity index (χ1) is 13.5. The lowest BCUT2D eigenvalue weighted by Crippen LogP contribution is -2.40. The summed E-state index contributed by atoms with van der Waals surface area (Å²) in [5.74, 6) is -0.332. The lowest BCUT2D eigenvalue weighted by Gasteiger charge is -2.36. The largest absolute Gasteiger partial charge is 0.480 e. The molecule has 0 bridgehead atoms. The van der Waals surface area contributed by atoms with Crippen molar-refractivity contribution in [2.24, 2.45) is 5.92 Å². The van der Waals surface area contributed by atoms with Gasteiger partial charge in [0.25, 0.3) is 5.91 Å². The molecule has 2 aromatic rings. The van der Waals surface area contributed by atoms with Crippen LogP contribution in [0.3, 0.4) is 0 Å². The number of rotatable bonds is 6. The summed E-state index contributed by atoms with van der Waals surface area (Å²) in [6, 6.07) is 16.8. The summed E-state index contributed by atoms with van der Waals surface area (Å²) in [6.45, 7) is 1.54. The average Bonchev–Trinajstić information content (AvgIpc) is 2.70. The second kappa shape index (κ2) is 9.02. The molecule has 148 valence electrons. The Morgan fingerprint density at radius 3 is 2.18 bits per heavy atom. The molecule has 1 amide bonds. The Kier molecular flexibility index (Phi) is 6.47. The minimum absolute atomic E-state index is 0.0832. The van der Waals surface area contributed by atoms with Crippen molar-refractivity contribution in [3.63, 3.8) is 0 Å². The van der Waals surface area contributed by atoms with Gasteiger partial charge in [0, 0.05) is 19.7 Å². The van der Waals surface area contributed by atoms with Crippen LogP contribution in [0.2, 0.25) is 0 Å². The summed E-state index contributed by atoms with van der Waals surface area (Å²) < 4.78 is 0. The van der Waals surface area contributed by atoms with Gasteiger partial charge in [0.2, 0.25) is 0 Å². The molecule has 0 aliphatic carbocycles. The summed E-state index contributed by atoms with van der Waals surface area (Å²) in [4.78, 5) is 27.6. The third kappa shape index (κ3) is 4.78. The molecule has 28 heavy (non-hydrogen) atoms. The van der Waals surface area contributed by atoms with Crippen molar-refractivity contribution in [1.82, 2.24) is 9.80 Å². The predicted molar refractivity (Wildman–Crippen MR) is 109 cm³/mol. The number of likely N-dealkylation sites (tertiary alicyclic amines) is 1. The zero-order valence-electron chi connectivity index (χ0n) is 16.5. The Balaban J connectivity index is 1.65. The van der Waals surface area contributed by atoms with Crippen LogP contribution in [0.1, 0.15) is 40.4 Å². The SMILES string of the molecule is CN(C)C(=O)c1ccc(C(C(=O)O)N2CCC(Cc3ccccc3)CC2)cc1. The van der Waals surface area contributed by atoms with Crippen molar-refractivity contribution in [3.05, 3.63) is 71.3 Å². The van der Waals surface area contributed by atoms with E-state index in [2.05, 4.69) is 24.3 Å².